The van der Waals surface area contributed by atoms with Gasteiger partial charge in [-0.05, 0) is 19.1 Å². The van der Waals surface area contributed by atoms with Gasteiger partial charge < -0.3 is 9.72 Å². The lowest BCUT2D eigenvalue weighted by molar-refractivity contribution is -0.385. The second-order valence-corrected chi connectivity index (χ2v) is 3.75. The fourth-order valence-corrected chi connectivity index (χ4v) is 1.80. The summed E-state index contributed by atoms with van der Waals surface area (Å²) in [5.74, 6) is -1.61. The van der Waals surface area contributed by atoms with Crippen LogP contribution in [0.2, 0.25) is 0 Å². The van der Waals surface area contributed by atoms with Crippen LogP contribution in [-0.4, -0.2) is 15.9 Å². The third-order valence-corrected chi connectivity index (χ3v) is 2.45. The number of benzene rings is 1. The standard InChI is InChI=1S/C11H9FN2O4/c1-5-11(18-6(2)15)9-8(13-5)4-3-7(12)10(9)14(16)17/h3-4,13H,1-2H3. The number of carbonyl (C=O) groups excluding carboxylic acids is 1. The number of nitro groups is 1. The van der Waals surface area contributed by atoms with Crippen LogP contribution in [0.15, 0.2) is 12.1 Å². The van der Waals surface area contributed by atoms with E-state index in [1.807, 2.05) is 0 Å². The van der Waals surface area contributed by atoms with E-state index in [1.54, 1.807) is 6.92 Å². The van der Waals surface area contributed by atoms with Gasteiger partial charge in [-0.3, -0.25) is 14.9 Å². The number of carbonyl (C=O) groups is 1. The monoisotopic (exact) mass is 252 g/mol. The van der Waals surface area contributed by atoms with Gasteiger partial charge in [0.05, 0.1) is 16.1 Å². The Kier molecular flexibility index (Phi) is 2.74. The fraction of sp³-hybridized carbons (Fsp3) is 0.182. The summed E-state index contributed by atoms with van der Waals surface area (Å²) < 4.78 is 18.4. The van der Waals surface area contributed by atoms with Crippen molar-refractivity contribution in [3.63, 3.8) is 0 Å². The second kappa shape index (κ2) is 4.10. The van der Waals surface area contributed by atoms with Crippen LogP contribution in [0.25, 0.3) is 10.9 Å². The molecule has 0 aliphatic heterocycles. The molecule has 1 aromatic heterocycles. The number of nitrogens with one attached hydrogen (secondary N) is 1. The van der Waals surface area contributed by atoms with Crippen molar-refractivity contribution in [2.45, 2.75) is 13.8 Å². The van der Waals surface area contributed by atoms with E-state index in [4.69, 9.17) is 4.74 Å². The minimum absolute atomic E-state index is 0.0105. The summed E-state index contributed by atoms with van der Waals surface area (Å²) in [5, 5.41) is 10.9. The van der Waals surface area contributed by atoms with Gasteiger partial charge in [-0.1, -0.05) is 0 Å². The van der Waals surface area contributed by atoms with Crippen molar-refractivity contribution in [2.75, 3.05) is 0 Å². The van der Waals surface area contributed by atoms with Gasteiger partial charge in [0.15, 0.2) is 5.75 Å². The summed E-state index contributed by atoms with van der Waals surface area (Å²) in [7, 11) is 0. The molecule has 0 radical (unpaired) electrons. The average Bonchev–Trinajstić information content (AvgIpc) is 2.55. The highest BCUT2D eigenvalue weighted by atomic mass is 19.1. The van der Waals surface area contributed by atoms with Gasteiger partial charge in [0.2, 0.25) is 5.82 Å². The summed E-state index contributed by atoms with van der Waals surface area (Å²) in [6.45, 7) is 2.75. The highest BCUT2D eigenvalue weighted by molar-refractivity contribution is 5.97. The van der Waals surface area contributed by atoms with Crippen LogP contribution < -0.4 is 4.74 Å². The summed E-state index contributed by atoms with van der Waals surface area (Å²) in [6, 6.07) is 2.35. The molecule has 18 heavy (non-hydrogen) atoms. The first-order valence-electron chi connectivity index (χ1n) is 5.05. The topological polar surface area (TPSA) is 85.2 Å². The van der Waals surface area contributed by atoms with E-state index in [1.165, 1.54) is 13.0 Å². The van der Waals surface area contributed by atoms with E-state index in [9.17, 15) is 19.3 Å². The van der Waals surface area contributed by atoms with E-state index in [0.29, 0.717) is 11.2 Å². The second-order valence-electron chi connectivity index (χ2n) is 3.75. The van der Waals surface area contributed by atoms with E-state index >= 15 is 0 Å². The zero-order chi connectivity index (χ0) is 13.4. The van der Waals surface area contributed by atoms with Crippen molar-refractivity contribution in [2.24, 2.45) is 0 Å². The zero-order valence-corrected chi connectivity index (χ0v) is 9.61. The average molecular weight is 252 g/mol. The van der Waals surface area contributed by atoms with E-state index in [0.717, 1.165) is 6.07 Å². The lowest BCUT2D eigenvalue weighted by Crippen LogP contribution is -2.03. The Bertz CT molecular complexity index is 663. The molecule has 0 spiro atoms. The molecule has 1 aromatic carbocycles. The Morgan fingerprint density at radius 3 is 2.72 bits per heavy atom. The van der Waals surface area contributed by atoms with Crippen LogP contribution in [0.4, 0.5) is 10.1 Å². The number of nitro benzene ring substituents is 1. The van der Waals surface area contributed by atoms with Crippen LogP contribution in [0.3, 0.4) is 0 Å². The van der Waals surface area contributed by atoms with Crippen LogP contribution >= 0.6 is 0 Å². The number of hydrogen-bond donors (Lipinski definition) is 1. The summed E-state index contributed by atoms with van der Waals surface area (Å²) >= 11 is 0. The molecule has 6 nitrogen and oxygen atoms in total. The molecule has 2 aromatic rings. The number of nitrogens with zero attached hydrogens (tertiary/aromatic N) is 1. The minimum atomic E-state index is -0.972. The number of ether oxygens (including phenoxy) is 1. The predicted octanol–water partition coefficient (Wildman–Crippen LogP) is 2.45. The highest BCUT2D eigenvalue weighted by Gasteiger charge is 2.25. The molecule has 0 bridgehead atoms. The van der Waals surface area contributed by atoms with Crippen LogP contribution in [0, 0.1) is 22.9 Å². The van der Waals surface area contributed by atoms with Gasteiger partial charge in [-0.2, -0.15) is 4.39 Å². The Morgan fingerprint density at radius 1 is 1.50 bits per heavy atom. The van der Waals surface area contributed by atoms with Crippen molar-refractivity contribution in [1.29, 1.82) is 0 Å². The Hall–Kier alpha value is -2.44. The summed E-state index contributed by atoms with van der Waals surface area (Å²) in [4.78, 5) is 23.8. The van der Waals surface area contributed by atoms with Crippen LogP contribution in [0.1, 0.15) is 12.6 Å². The number of aryl methyl sites for hydroxylation is 1. The molecular weight excluding hydrogens is 243 g/mol. The summed E-state index contributed by atoms with van der Waals surface area (Å²) in [6.07, 6.45) is 0. The molecule has 0 aliphatic rings. The number of H-pyrrole nitrogens is 1. The molecule has 2 rings (SSSR count). The number of fused-ring (bicyclic) bond motifs is 1. The van der Waals surface area contributed by atoms with Crippen molar-refractivity contribution in [3.05, 3.63) is 33.8 Å². The Labute approximate surface area is 101 Å². The predicted molar refractivity (Wildman–Crippen MR) is 61.0 cm³/mol. The maximum absolute atomic E-state index is 13.5. The fourth-order valence-electron chi connectivity index (χ4n) is 1.80. The first kappa shape index (κ1) is 12.0. The first-order valence-corrected chi connectivity index (χ1v) is 5.05. The molecule has 1 heterocycles. The molecule has 0 saturated heterocycles. The maximum atomic E-state index is 13.5. The minimum Gasteiger partial charge on any atom is -0.424 e. The van der Waals surface area contributed by atoms with E-state index < -0.39 is 22.4 Å². The van der Waals surface area contributed by atoms with Crippen molar-refractivity contribution >= 4 is 22.6 Å². The molecule has 94 valence electrons. The number of rotatable bonds is 2. The molecule has 0 fully saturated rings. The van der Waals surface area contributed by atoms with Crippen molar-refractivity contribution in [1.82, 2.24) is 4.98 Å². The molecule has 0 atom stereocenters. The molecule has 7 heteroatoms. The molecule has 1 N–H and O–H groups in total. The van der Waals surface area contributed by atoms with Gasteiger partial charge >= 0.3 is 11.7 Å². The lowest BCUT2D eigenvalue weighted by Gasteiger charge is -2.01. The molecule has 0 aliphatic carbocycles. The number of hydrogen-bond acceptors (Lipinski definition) is 4. The Balaban J connectivity index is 2.84. The third kappa shape index (κ3) is 1.79. The largest absolute Gasteiger partial charge is 0.424 e. The SMILES string of the molecule is CC(=O)Oc1c(C)[nH]c2ccc(F)c([N+](=O)[O-])c12. The van der Waals surface area contributed by atoms with Gasteiger partial charge in [-0.25, -0.2) is 0 Å². The normalized spacial score (nSPS) is 10.6. The van der Waals surface area contributed by atoms with Gasteiger partial charge in [0.1, 0.15) is 5.39 Å². The first-order chi connectivity index (χ1) is 8.41. The molecular formula is C11H9FN2O4. The van der Waals surface area contributed by atoms with Crippen molar-refractivity contribution < 1.29 is 18.8 Å². The lowest BCUT2D eigenvalue weighted by atomic mass is 10.2. The van der Waals surface area contributed by atoms with Crippen molar-refractivity contribution in [3.8, 4) is 5.75 Å². The highest BCUT2D eigenvalue weighted by Crippen LogP contribution is 2.38. The number of halogens is 1. The van der Waals surface area contributed by atoms with Gasteiger partial charge in [-0.15, -0.1) is 0 Å². The zero-order valence-electron chi connectivity index (χ0n) is 9.61. The molecule has 0 amide bonds. The quantitative estimate of drug-likeness (QED) is 0.505. The molecule has 0 saturated carbocycles. The smallest absolute Gasteiger partial charge is 0.317 e. The third-order valence-electron chi connectivity index (χ3n) is 2.45. The van der Waals surface area contributed by atoms with Crippen LogP contribution in [-0.2, 0) is 4.79 Å². The number of aromatic amines is 1. The van der Waals surface area contributed by atoms with E-state index in [2.05, 4.69) is 4.98 Å². The Morgan fingerprint density at radius 2 is 2.17 bits per heavy atom. The maximum Gasteiger partial charge on any atom is 0.317 e. The van der Waals surface area contributed by atoms with Gasteiger partial charge in [0.25, 0.3) is 0 Å². The van der Waals surface area contributed by atoms with Crippen LogP contribution in [0.5, 0.6) is 5.75 Å². The number of aromatic nitrogens is 1. The molecule has 0 unspecified atom stereocenters. The van der Waals surface area contributed by atoms with Gasteiger partial charge in [0, 0.05) is 6.92 Å². The van der Waals surface area contributed by atoms with E-state index in [-0.39, 0.29) is 11.1 Å². The number of esters is 1. The summed E-state index contributed by atoms with van der Waals surface area (Å²) in [5.41, 5.74) is 0.0684.